The van der Waals surface area contributed by atoms with Crippen LogP contribution in [0.3, 0.4) is 0 Å². The van der Waals surface area contributed by atoms with Crippen LogP contribution >= 0.6 is 11.3 Å². The molecule has 19 heavy (non-hydrogen) atoms. The van der Waals surface area contributed by atoms with E-state index < -0.39 is 22.0 Å². The molecule has 1 aromatic rings. The molecule has 0 spiro atoms. The molecule has 0 bridgehead atoms. The summed E-state index contributed by atoms with van der Waals surface area (Å²) in [4.78, 5) is 11.6. The topological polar surface area (TPSA) is 83.5 Å². The van der Waals surface area contributed by atoms with Gasteiger partial charge in [-0.05, 0) is 23.3 Å². The molecule has 2 N–H and O–H groups in total. The van der Waals surface area contributed by atoms with E-state index in [9.17, 15) is 13.2 Å². The van der Waals surface area contributed by atoms with E-state index in [0.717, 1.165) is 0 Å². The minimum Gasteiger partial charge on any atom is -0.480 e. The van der Waals surface area contributed by atoms with Gasteiger partial charge in [-0.1, -0.05) is 26.8 Å². The molecule has 1 unspecified atom stereocenters. The summed E-state index contributed by atoms with van der Waals surface area (Å²) in [6, 6.07) is 2.10. The molecular formula is C12H19NO4S2. The van der Waals surface area contributed by atoms with Crippen molar-refractivity contribution in [2.75, 3.05) is 5.75 Å². The summed E-state index contributed by atoms with van der Waals surface area (Å²) < 4.78 is 26.1. The smallest absolute Gasteiger partial charge is 0.327 e. The molecule has 1 rings (SSSR count). The summed E-state index contributed by atoms with van der Waals surface area (Å²) in [5, 5.41) is 10.8. The van der Waals surface area contributed by atoms with Gasteiger partial charge in [-0.15, -0.1) is 11.3 Å². The van der Waals surface area contributed by atoms with Gasteiger partial charge in [0, 0.05) is 4.88 Å². The first-order chi connectivity index (χ1) is 8.61. The van der Waals surface area contributed by atoms with Gasteiger partial charge in [0.2, 0.25) is 10.0 Å². The summed E-state index contributed by atoms with van der Waals surface area (Å²) >= 11 is 1.22. The Morgan fingerprint density at radius 3 is 2.53 bits per heavy atom. The van der Waals surface area contributed by atoms with E-state index in [-0.39, 0.29) is 11.2 Å². The molecule has 0 aromatic carbocycles. The van der Waals surface area contributed by atoms with Crippen LogP contribution in [0.5, 0.6) is 0 Å². The number of thiophene rings is 1. The highest BCUT2D eigenvalue weighted by Gasteiger charge is 2.27. The van der Waals surface area contributed by atoms with Crippen molar-refractivity contribution in [1.82, 2.24) is 4.72 Å². The van der Waals surface area contributed by atoms with Crippen molar-refractivity contribution >= 4 is 27.3 Å². The largest absolute Gasteiger partial charge is 0.480 e. The lowest BCUT2D eigenvalue weighted by atomic mass is 9.94. The molecule has 1 atom stereocenters. The number of carboxylic acids is 1. The second-order valence-electron chi connectivity index (χ2n) is 5.53. The number of aliphatic carboxylic acids is 1. The van der Waals surface area contributed by atoms with Crippen LogP contribution < -0.4 is 4.72 Å². The van der Waals surface area contributed by atoms with Crippen LogP contribution in [0.2, 0.25) is 0 Å². The zero-order valence-electron chi connectivity index (χ0n) is 11.2. The maximum absolute atomic E-state index is 11.9. The quantitative estimate of drug-likeness (QED) is 0.844. The zero-order valence-corrected chi connectivity index (χ0v) is 12.8. The molecule has 1 heterocycles. The number of sulfonamides is 1. The Balaban J connectivity index is 2.77. The molecule has 0 saturated carbocycles. The van der Waals surface area contributed by atoms with Crippen LogP contribution in [0.15, 0.2) is 17.5 Å². The van der Waals surface area contributed by atoms with Gasteiger partial charge >= 0.3 is 5.97 Å². The molecule has 0 radical (unpaired) electrons. The van der Waals surface area contributed by atoms with Crippen molar-refractivity contribution in [3.63, 3.8) is 0 Å². The zero-order chi connectivity index (χ0) is 14.7. The predicted molar refractivity (Wildman–Crippen MR) is 75.7 cm³/mol. The summed E-state index contributed by atoms with van der Waals surface area (Å²) in [6.07, 6.45) is 0.471. The minimum absolute atomic E-state index is 0.0777. The van der Waals surface area contributed by atoms with Crippen LogP contribution in [0.1, 0.15) is 38.1 Å². The molecular weight excluding hydrogens is 286 g/mol. The van der Waals surface area contributed by atoms with Gasteiger partial charge in [0.05, 0.1) is 5.75 Å². The molecule has 1 aromatic heterocycles. The van der Waals surface area contributed by atoms with Gasteiger partial charge in [-0.3, -0.25) is 4.79 Å². The van der Waals surface area contributed by atoms with Crippen LogP contribution in [-0.4, -0.2) is 25.2 Å². The van der Waals surface area contributed by atoms with Gasteiger partial charge in [0.15, 0.2) is 6.04 Å². The normalized spacial score (nSPS) is 14.3. The third kappa shape index (κ3) is 5.71. The van der Waals surface area contributed by atoms with Gasteiger partial charge in [-0.25, -0.2) is 8.42 Å². The van der Waals surface area contributed by atoms with Crippen molar-refractivity contribution < 1.29 is 18.3 Å². The highest BCUT2D eigenvalue weighted by molar-refractivity contribution is 7.89. The number of nitrogens with one attached hydrogen (secondary N) is 1. The van der Waals surface area contributed by atoms with E-state index in [2.05, 4.69) is 4.72 Å². The molecule has 0 saturated heterocycles. The number of carbonyl (C=O) groups is 1. The molecule has 0 fully saturated rings. The molecule has 5 nitrogen and oxygen atoms in total. The van der Waals surface area contributed by atoms with Crippen molar-refractivity contribution in [3.05, 3.63) is 22.4 Å². The van der Waals surface area contributed by atoms with E-state index in [1.165, 1.54) is 11.3 Å². The van der Waals surface area contributed by atoms with Crippen LogP contribution in [-0.2, 0) is 14.8 Å². The second-order valence-corrected chi connectivity index (χ2v) is 8.39. The Hall–Kier alpha value is -0.920. The Labute approximate surface area is 117 Å². The molecule has 0 aliphatic carbocycles. The lowest BCUT2D eigenvalue weighted by molar-refractivity contribution is -0.139. The monoisotopic (exact) mass is 305 g/mol. The Morgan fingerprint density at radius 2 is 2.11 bits per heavy atom. The van der Waals surface area contributed by atoms with Crippen molar-refractivity contribution in [1.29, 1.82) is 0 Å². The fourth-order valence-corrected chi connectivity index (χ4v) is 3.79. The average Bonchev–Trinajstić information content (AvgIpc) is 2.75. The van der Waals surface area contributed by atoms with Crippen LogP contribution in [0, 0.1) is 5.41 Å². The Morgan fingerprint density at radius 1 is 1.47 bits per heavy atom. The number of hydrogen-bond donors (Lipinski definition) is 2. The SMILES string of the molecule is CC(C)(C)CCS(=O)(=O)NC(C(=O)O)c1cccs1. The van der Waals surface area contributed by atoms with E-state index in [1.54, 1.807) is 17.5 Å². The van der Waals surface area contributed by atoms with Crippen LogP contribution in [0.4, 0.5) is 0 Å². The molecule has 108 valence electrons. The second kappa shape index (κ2) is 6.02. The van der Waals surface area contributed by atoms with Gasteiger partial charge in [0.25, 0.3) is 0 Å². The first-order valence-corrected chi connectivity index (χ1v) is 8.40. The van der Waals surface area contributed by atoms with Gasteiger partial charge < -0.3 is 5.11 Å². The summed E-state index contributed by atoms with van der Waals surface area (Å²) in [6.45, 7) is 5.82. The van der Waals surface area contributed by atoms with Crippen molar-refractivity contribution in [3.8, 4) is 0 Å². The molecule has 7 heteroatoms. The van der Waals surface area contributed by atoms with Gasteiger partial charge in [0.1, 0.15) is 0 Å². The van der Waals surface area contributed by atoms with Gasteiger partial charge in [-0.2, -0.15) is 4.72 Å². The summed E-state index contributed by atoms with van der Waals surface area (Å²) in [5.74, 6) is -1.27. The Kier molecular flexibility index (Phi) is 5.11. The van der Waals surface area contributed by atoms with E-state index >= 15 is 0 Å². The first-order valence-electron chi connectivity index (χ1n) is 5.87. The summed E-state index contributed by atoms with van der Waals surface area (Å²) in [5.41, 5.74) is -0.115. The lowest BCUT2D eigenvalue weighted by Crippen LogP contribution is -2.35. The summed E-state index contributed by atoms with van der Waals surface area (Å²) in [7, 11) is -3.61. The molecule has 0 aliphatic heterocycles. The predicted octanol–water partition coefficient (Wildman–Crippen LogP) is 2.23. The maximum atomic E-state index is 11.9. The van der Waals surface area contributed by atoms with E-state index in [1.807, 2.05) is 20.8 Å². The molecule has 0 aliphatic rings. The van der Waals surface area contributed by atoms with Crippen molar-refractivity contribution in [2.45, 2.75) is 33.2 Å². The number of carboxylic acid groups (broad SMARTS) is 1. The fraction of sp³-hybridized carbons (Fsp3) is 0.583. The first kappa shape index (κ1) is 16.1. The third-order valence-corrected chi connectivity index (χ3v) is 4.77. The fourth-order valence-electron chi connectivity index (χ4n) is 1.36. The van der Waals surface area contributed by atoms with E-state index in [4.69, 9.17) is 5.11 Å². The average molecular weight is 305 g/mol. The standard InChI is InChI=1S/C12H19NO4S2/c1-12(2,3)6-8-19(16,17)13-10(11(14)15)9-5-4-7-18-9/h4-5,7,10,13H,6,8H2,1-3H3,(H,14,15). The Bertz CT molecular complexity index is 514. The van der Waals surface area contributed by atoms with Crippen LogP contribution in [0.25, 0.3) is 0 Å². The maximum Gasteiger partial charge on any atom is 0.327 e. The van der Waals surface area contributed by atoms with Crippen molar-refractivity contribution in [2.24, 2.45) is 5.41 Å². The number of hydrogen-bond acceptors (Lipinski definition) is 4. The minimum atomic E-state index is -3.61. The highest BCUT2D eigenvalue weighted by Crippen LogP contribution is 2.22. The molecule has 0 amide bonds. The highest BCUT2D eigenvalue weighted by atomic mass is 32.2. The van der Waals surface area contributed by atoms with E-state index in [0.29, 0.717) is 11.3 Å². The third-order valence-electron chi connectivity index (χ3n) is 2.49. The number of rotatable bonds is 6. The lowest BCUT2D eigenvalue weighted by Gasteiger charge is -2.19.